The van der Waals surface area contributed by atoms with Crippen LogP contribution in [0.5, 0.6) is 0 Å². The van der Waals surface area contributed by atoms with Gasteiger partial charge in [0.25, 0.3) is 0 Å². The van der Waals surface area contributed by atoms with Gasteiger partial charge in [0.1, 0.15) is 12.2 Å². The largest absolute Gasteiger partial charge is 0.460 e. The van der Waals surface area contributed by atoms with Crippen molar-refractivity contribution in [3.63, 3.8) is 0 Å². The van der Waals surface area contributed by atoms with Crippen molar-refractivity contribution in [1.82, 2.24) is 5.32 Å². The second-order valence-electron chi connectivity index (χ2n) is 8.87. The van der Waals surface area contributed by atoms with Gasteiger partial charge in [0.05, 0.1) is 58.4 Å². The molecule has 0 unspecified atom stereocenters. The lowest BCUT2D eigenvalue weighted by Gasteiger charge is -2.19. The van der Waals surface area contributed by atoms with Crippen molar-refractivity contribution in [3.8, 4) is 0 Å². The van der Waals surface area contributed by atoms with Crippen LogP contribution in [0, 0.1) is 0 Å². The van der Waals surface area contributed by atoms with Crippen LogP contribution in [0.4, 0.5) is 10.5 Å². The number of hydrogen-bond donors (Lipinski definition) is 2. The Kier molecular flexibility index (Phi) is 17.4. The molecule has 36 heavy (non-hydrogen) atoms. The molecule has 0 fully saturated rings. The summed E-state index contributed by atoms with van der Waals surface area (Å²) in [7, 11) is 0. The smallest absolute Gasteiger partial charge is 0.407 e. The molecule has 0 aliphatic carbocycles. The SMILES string of the molecule is CCCCNc1ccc(C(=O)OCCOCCOCCOCCOCCNC(=O)OC(C)(C)C)cc1. The Morgan fingerprint density at radius 1 is 0.750 bits per heavy atom. The van der Waals surface area contributed by atoms with Gasteiger partial charge in [-0.2, -0.15) is 0 Å². The molecule has 1 aromatic carbocycles. The van der Waals surface area contributed by atoms with E-state index in [-0.39, 0.29) is 12.6 Å². The zero-order valence-corrected chi connectivity index (χ0v) is 22.3. The molecule has 0 aliphatic rings. The molecule has 1 aromatic rings. The number of alkyl carbamates (subject to hydrolysis) is 1. The topological polar surface area (TPSA) is 114 Å². The number of rotatable bonds is 20. The van der Waals surface area contributed by atoms with E-state index in [2.05, 4.69) is 17.6 Å². The van der Waals surface area contributed by atoms with E-state index in [1.54, 1.807) is 12.1 Å². The molecule has 0 atom stereocenters. The molecule has 0 heterocycles. The van der Waals surface area contributed by atoms with Gasteiger partial charge in [-0.1, -0.05) is 13.3 Å². The molecule has 0 aliphatic heterocycles. The first-order valence-electron chi connectivity index (χ1n) is 12.6. The number of esters is 1. The molecule has 2 N–H and O–H groups in total. The average molecular weight is 513 g/mol. The van der Waals surface area contributed by atoms with Gasteiger partial charge < -0.3 is 39.1 Å². The predicted molar refractivity (Wildman–Crippen MR) is 138 cm³/mol. The number of carbonyl (C=O) groups is 2. The number of amides is 1. The van der Waals surface area contributed by atoms with Crippen LogP contribution in [0.25, 0.3) is 0 Å². The molecule has 206 valence electrons. The molecule has 1 amide bonds. The Bertz CT molecular complexity index is 707. The van der Waals surface area contributed by atoms with Crippen LogP contribution < -0.4 is 10.6 Å². The van der Waals surface area contributed by atoms with Crippen LogP contribution in [0.2, 0.25) is 0 Å². The number of unbranched alkanes of at least 4 members (excludes halogenated alkanes) is 1. The summed E-state index contributed by atoms with van der Waals surface area (Å²) in [6.07, 6.45) is 1.79. The summed E-state index contributed by atoms with van der Waals surface area (Å²) in [6.45, 7) is 12.3. The van der Waals surface area contributed by atoms with Gasteiger partial charge in [0.15, 0.2) is 0 Å². The molecule has 10 nitrogen and oxygen atoms in total. The molecule has 0 spiro atoms. The lowest BCUT2D eigenvalue weighted by Crippen LogP contribution is -2.34. The summed E-state index contributed by atoms with van der Waals surface area (Å²) in [5, 5.41) is 5.93. The van der Waals surface area contributed by atoms with Crippen LogP contribution in [-0.4, -0.2) is 90.2 Å². The maximum absolute atomic E-state index is 12.1. The number of carbonyl (C=O) groups excluding carboxylic acids is 2. The van der Waals surface area contributed by atoms with Crippen LogP contribution >= 0.6 is 0 Å². The Labute approximate surface area is 215 Å². The average Bonchev–Trinajstić information content (AvgIpc) is 2.83. The maximum atomic E-state index is 12.1. The van der Waals surface area contributed by atoms with Gasteiger partial charge in [-0.15, -0.1) is 0 Å². The third-order valence-electron chi connectivity index (χ3n) is 4.47. The second-order valence-corrected chi connectivity index (χ2v) is 8.87. The highest BCUT2D eigenvalue weighted by Crippen LogP contribution is 2.11. The third kappa shape index (κ3) is 18.0. The number of hydrogen-bond acceptors (Lipinski definition) is 9. The first-order valence-corrected chi connectivity index (χ1v) is 12.6. The van der Waals surface area contributed by atoms with Crippen molar-refractivity contribution in [2.24, 2.45) is 0 Å². The maximum Gasteiger partial charge on any atom is 0.407 e. The zero-order chi connectivity index (χ0) is 26.5. The van der Waals surface area contributed by atoms with Crippen molar-refractivity contribution in [3.05, 3.63) is 29.8 Å². The van der Waals surface area contributed by atoms with E-state index in [1.165, 1.54) is 0 Å². The molecule has 0 bridgehead atoms. The van der Waals surface area contributed by atoms with Crippen LogP contribution in [0.15, 0.2) is 24.3 Å². The lowest BCUT2D eigenvalue weighted by molar-refractivity contribution is -0.00892. The highest BCUT2D eigenvalue weighted by molar-refractivity contribution is 5.89. The van der Waals surface area contributed by atoms with E-state index in [9.17, 15) is 9.59 Å². The third-order valence-corrected chi connectivity index (χ3v) is 4.47. The van der Waals surface area contributed by atoms with E-state index in [0.29, 0.717) is 65.0 Å². The summed E-state index contributed by atoms with van der Waals surface area (Å²) >= 11 is 0. The van der Waals surface area contributed by atoms with Crippen LogP contribution in [-0.2, 0) is 28.4 Å². The van der Waals surface area contributed by atoms with E-state index in [4.69, 9.17) is 28.4 Å². The molecular formula is C26H44N2O8. The van der Waals surface area contributed by atoms with Gasteiger partial charge in [0.2, 0.25) is 0 Å². The standard InChI is InChI=1S/C26H44N2O8/c1-5-6-11-27-23-9-7-22(8-10-23)24(29)35-21-20-34-19-18-33-17-16-32-15-14-31-13-12-28-25(30)36-26(2,3)4/h7-10,27H,5-6,11-21H2,1-4H3,(H,28,30). The lowest BCUT2D eigenvalue weighted by atomic mass is 10.2. The fourth-order valence-electron chi connectivity index (χ4n) is 2.71. The van der Waals surface area contributed by atoms with Crippen LogP contribution in [0.1, 0.15) is 50.9 Å². The van der Waals surface area contributed by atoms with E-state index >= 15 is 0 Å². The van der Waals surface area contributed by atoms with E-state index in [1.807, 2.05) is 32.9 Å². The fraction of sp³-hybridized carbons (Fsp3) is 0.692. The minimum Gasteiger partial charge on any atom is -0.460 e. The molecule has 0 aromatic heterocycles. The predicted octanol–water partition coefficient (Wildman–Crippen LogP) is 3.65. The van der Waals surface area contributed by atoms with Crippen molar-refractivity contribution in [2.45, 2.75) is 46.1 Å². The van der Waals surface area contributed by atoms with Gasteiger partial charge in [-0.05, 0) is 51.5 Å². The fourth-order valence-corrected chi connectivity index (χ4v) is 2.71. The quantitative estimate of drug-likeness (QED) is 0.200. The summed E-state index contributed by atoms with van der Waals surface area (Å²) in [5.74, 6) is -0.365. The van der Waals surface area contributed by atoms with Gasteiger partial charge >= 0.3 is 12.1 Å². The monoisotopic (exact) mass is 512 g/mol. The Morgan fingerprint density at radius 2 is 1.28 bits per heavy atom. The highest BCUT2D eigenvalue weighted by atomic mass is 16.6. The minimum absolute atomic E-state index is 0.186. The first-order chi connectivity index (χ1) is 17.3. The normalized spacial score (nSPS) is 11.2. The van der Waals surface area contributed by atoms with Gasteiger partial charge in [-0.3, -0.25) is 0 Å². The Hall–Kier alpha value is -2.40. The highest BCUT2D eigenvalue weighted by Gasteiger charge is 2.15. The summed E-state index contributed by atoms with van der Waals surface area (Å²) in [4.78, 5) is 23.5. The summed E-state index contributed by atoms with van der Waals surface area (Å²) in [5.41, 5.74) is 0.995. The summed E-state index contributed by atoms with van der Waals surface area (Å²) in [6, 6.07) is 7.26. The van der Waals surface area contributed by atoms with Crippen LogP contribution in [0.3, 0.4) is 0 Å². The molecule has 0 saturated heterocycles. The molecule has 10 heteroatoms. The van der Waals surface area contributed by atoms with Crippen molar-refractivity contribution >= 4 is 17.7 Å². The number of anilines is 1. The number of nitrogens with one attached hydrogen (secondary N) is 2. The zero-order valence-electron chi connectivity index (χ0n) is 22.3. The minimum atomic E-state index is -0.513. The van der Waals surface area contributed by atoms with E-state index < -0.39 is 11.7 Å². The second kappa shape index (κ2) is 19.7. The van der Waals surface area contributed by atoms with Gasteiger partial charge in [0, 0.05) is 18.8 Å². The Balaban J connectivity index is 1.86. The van der Waals surface area contributed by atoms with Crippen molar-refractivity contribution in [1.29, 1.82) is 0 Å². The van der Waals surface area contributed by atoms with E-state index in [0.717, 1.165) is 25.1 Å². The number of benzene rings is 1. The molecule has 1 rings (SSSR count). The van der Waals surface area contributed by atoms with Crippen molar-refractivity contribution in [2.75, 3.05) is 77.9 Å². The molecule has 0 radical (unpaired) electrons. The Morgan fingerprint density at radius 3 is 1.81 bits per heavy atom. The van der Waals surface area contributed by atoms with Crippen molar-refractivity contribution < 1.29 is 38.0 Å². The molecular weight excluding hydrogens is 468 g/mol. The molecule has 0 saturated carbocycles. The number of ether oxygens (including phenoxy) is 6. The van der Waals surface area contributed by atoms with Gasteiger partial charge in [-0.25, -0.2) is 9.59 Å². The summed E-state index contributed by atoms with van der Waals surface area (Å²) < 4.78 is 32.0. The first kappa shape index (κ1) is 31.6.